The number of aryl methyl sites for hydroxylation is 1. The summed E-state index contributed by atoms with van der Waals surface area (Å²) < 4.78 is 1.67. The summed E-state index contributed by atoms with van der Waals surface area (Å²) in [6, 6.07) is 7.26. The molecule has 2 aromatic carbocycles. The second kappa shape index (κ2) is 5.10. The van der Waals surface area contributed by atoms with Crippen LogP contribution >= 0.6 is 0 Å². The number of carbonyl (C=O) groups excluding carboxylic acids is 2. The zero-order valence-electron chi connectivity index (χ0n) is 13.8. The van der Waals surface area contributed by atoms with Gasteiger partial charge in [-0.2, -0.15) is 0 Å². The third-order valence-corrected chi connectivity index (χ3v) is 4.44. The van der Waals surface area contributed by atoms with E-state index in [1.165, 1.54) is 4.90 Å². The van der Waals surface area contributed by atoms with Gasteiger partial charge in [0.05, 0.1) is 11.1 Å². The van der Waals surface area contributed by atoms with Crippen LogP contribution in [0, 0.1) is 0 Å². The number of carbonyl (C=O) groups is 2. The Kier molecular flexibility index (Phi) is 3.14. The minimum atomic E-state index is -0.266. The van der Waals surface area contributed by atoms with Crippen LogP contribution in [0.2, 0.25) is 0 Å². The largest absolute Gasteiger partial charge is 0.308 e. The number of amides is 2. The lowest BCUT2D eigenvalue weighted by molar-refractivity contribution is 0.0601. The van der Waals surface area contributed by atoms with Gasteiger partial charge in [-0.05, 0) is 26.2 Å². The first kappa shape index (κ1) is 14.8. The molecule has 24 heavy (non-hydrogen) atoms. The molecule has 2 amide bonds. The van der Waals surface area contributed by atoms with Crippen LogP contribution in [0.25, 0.3) is 21.8 Å². The molecule has 0 spiro atoms. The maximum Gasteiger partial charge on any atom is 0.261 e. The maximum absolute atomic E-state index is 12.9. The van der Waals surface area contributed by atoms with Crippen molar-refractivity contribution in [2.45, 2.75) is 0 Å². The Hall–Kier alpha value is -2.80. The molecule has 2 heterocycles. The van der Waals surface area contributed by atoms with Gasteiger partial charge in [0, 0.05) is 36.5 Å². The fourth-order valence-electron chi connectivity index (χ4n) is 3.26. The molecule has 0 unspecified atom stereocenters. The lowest BCUT2D eigenvalue weighted by Gasteiger charge is -2.28. The van der Waals surface area contributed by atoms with Gasteiger partial charge >= 0.3 is 0 Å². The minimum absolute atomic E-state index is 0.241. The predicted octanol–water partition coefficient (Wildman–Crippen LogP) is 1.28. The van der Waals surface area contributed by atoms with E-state index in [1.807, 2.05) is 31.1 Å². The van der Waals surface area contributed by atoms with Gasteiger partial charge in [-0.3, -0.25) is 14.5 Å². The third-order valence-electron chi connectivity index (χ3n) is 4.44. The first-order valence-electron chi connectivity index (χ1n) is 7.75. The number of rotatable bonds is 3. The molecule has 1 aliphatic heterocycles. The first-order valence-corrected chi connectivity index (χ1v) is 7.75. The summed E-state index contributed by atoms with van der Waals surface area (Å²) in [4.78, 5) is 29.0. The average Bonchev–Trinajstić information content (AvgIpc) is 2.93. The highest BCUT2D eigenvalue weighted by Crippen LogP contribution is 2.34. The highest BCUT2D eigenvalue weighted by atomic mass is 16.2. The van der Waals surface area contributed by atoms with E-state index in [2.05, 4.69) is 10.3 Å². The summed E-state index contributed by atoms with van der Waals surface area (Å²) in [7, 11) is 5.63. The summed E-state index contributed by atoms with van der Waals surface area (Å²) in [5.41, 5.74) is 2.57. The molecular weight excluding hydrogens is 306 g/mol. The van der Waals surface area contributed by atoms with E-state index in [4.69, 9.17) is 0 Å². The van der Waals surface area contributed by atoms with Gasteiger partial charge in [-0.1, -0.05) is 17.3 Å². The van der Waals surface area contributed by atoms with E-state index < -0.39 is 0 Å². The maximum atomic E-state index is 12.9. The van der Waals surface area contributed by atoms with Crippen LogP contribution in [0.4, 0.5) is 0 Å². The molecule has 0 saturated carbocycles. The van der Waals surface area contributed by atoms with Gasteiger partial charge in [0.15, 0.2) is 0 Å². The molecule has 7 heteroatoms. The summed E-state index contributed by atoms with van der Waals surface area (Å²) in [6.45, 7) is 0.981. The summed E-state index contributed by atoms with van der Waals surface area (Å²) in [5, 5.41) is 9.71. The number of fused-ring (bicyclic) bond motifs is 2. The zero-order chi connectivity index (χ0) is 17.0. The molecular formula is C17H17N5O2. The second-order valence-corrected chi connectivity index (χ2v) is 6.30. The molecule has 3 aromatic rings. The van der Waals surface area contributed by atoms with E-state index in [-0.39, 0.29) is 11.8 Å². The molecule has 122 valence electrons. The van der Waals surface area contributed by atoms with Crippen LogP contribution in [-0.2, 0) is 7.05 Å². The Morgan fingerprint density at radius 1 is 1.12 bits per heavy atom. The van der Waals surface area contributed by atoms with E-state index in [1.54, 1.807) is 23.9 Å². The van der Waals surface area contributed by atoms with Crippen LogP contribution in [0.3, 0.4) is 0 Å². The van der Waals surface area contributed by atoms with Crippen molar-refractivity contribution in [3.8, 4) is 0 Å². The lowest BCUT2D eigenvalue weighted by atomic mass is 9.93. The Bertz CT molecular complexity index is 1010. The molecule has 0 saturated heterocycles. The molecule has 1 aliphatic rings. The molecule has 0 radical (unpaired) electrons. The van der Waals surface area contributed by atoms with Gasteiger partial charge in [-0.15, -0.1) is 5.10 Å². The van der Waals surface area contributed by atoms with Crippen molar-refractivity contribution < 1.29 is 9.59 Å². The normalized spacial score (nSPS) is 14.4. The summed E-state index contributed by atoms with van der Waals surface area (Å²) >= 11 is 0. The summed E-state index contributed by atoms with van der Waals surface area (Å²) in [6.07, 6.45) is 0. The smallest absolute Gasteiger partial charge is 0.261 e. The summed E-state index contributed by atoms with van der Waals surface area (Å²) in [5.74, 6) is -0.507. The van der Waals surface area contributed by atoms with Crippen molar-refractivity contribution in [2.24, 2.45) is 7.05 Å². The van der Waals surface area contributed by atoms with E-state index in [9.17, 15) is 9.59 Å². The van der Waals surface area contributed by atoms with Gasteiger partial charge in [0.2, 0.25) is 0 Å². The minimum Gasteiger partial charge on any atom is -0.308 e. The van der Waals surface area contributed by atoms with E-state index in [0.717, 1.165) is 10.9 Å². The van der Waals surface area contributed by atoms with Gasteiger partial charge in [0.25, 0.3) is 11.8 Å². The van der Waals surface area contributed by atoms with Crippen molar-refractivity contribution in [1.82, 2.24) is 24.8 Å². The molecule has 0 aliphatic carbocycles. The second-order valence-electron chi connectivity index (χ2n) is 6.30. The van der Waals surface area contributed by atoms with Gasteiger partial charge in [-0.25, -0.2) is 4.68 Å². The molecule has 0 N–H and O–H groups in total. The highest BCUT2D eigenvalue weighted by molar-refractivity contribution is 6.28. The Morgan fingerprint density at radius 2 is 1.88 bits per heavy atom. The number of imide groups is 1. The molecule has 0 atom stereocenters. The standard InChI is InChI=1S/C17H17N5O2/c1-20(2)7-8-22-16(23)11-6-4-5-10-14(11)12(17(22)24)9-13-15(10)21(3)19-18-13/h4-6,9H,7-8H2,1-3H3. The lowest BCUT2D eigenvalue weighted by Crippen LogP contribution is -2.43. The van der Waals surface area contributed by atoms with Crippen LogP contribution in [0.1, 0.15) is 20.7 Å². The quantitative estimate of drug-likeness (QED) is 0.679. The van der Waals surface area contributed by atoms with Crippen LogP contribution < -0.4 is 0 Å². The molecule has 7 nitrogen and oxygen atoms in total. The zero-order valence-corrected chi connectivity index (χ0v) is 13.8. The Labute approximate surface area is 138 Å². The number of likely N-dealkylation sites (N-methyl/N-ethyl adjacent to an activating group) is 1. The number of aromatic nitrogens is 3. The Balaban J connectivity index is 1.99. The Morgan fingerprint density at radius 3 is 2.62 bits per heavy atom. The predicted molar refractivity (Wildman–Crippen MR) is 89.9 cm³/mol. The van der Waals surface area contributed by atoms with Crippen LogP contribution in [0.15, 0.2) is 24.3 Å². The van der Waals surface area contributed by atoms with Gasteiger partial charge < -0.3 is 4.90 Å². The van der Waals surface area contributed by atoms with E-state index in [0.29, 0.717) is 35.1 Å². The van der Waals surface area contributed by atoms with Crippen molar-refractivity contribution in [3.63, 3.8) is 0 Å². The molecule has 1 aromatic heterocycles. The van der Waals surface area contributed by atoms with Crippen molar-refractivity contribution in [2.75, 3.05) is 27.2 Å². The molecule has 4 rings (SSSR count). The number of benzene rings is 2. The monoisotopic (exact) mass is 323 g/mol. The fourth-order valence-corrected chi connectivity index (χ4v) is 3.26. The van der Waals surface area contributed by atoms with Crippen molar-refractivity contribution >= 4 is 33.6 Å². The number of hydrogen-bond acceptors (Lipinski definition) is 5. The molecule has 0 bridgehead atoms. The number of hydrogen-bond donors (Lipinski definition) is 0. The third kappa shape index (κ3) is 1.94. The van der Waals surface area contributed by atoms with E-state index >= 15 is 0 Å². The number of nitrogens with zero attached hydrogens (tertiary/aromatic N) is 5. The van der Waals surface area contributed by atoms with Gasteiger partial charge in [0.1, 0.15) is 5.52 Å². The average molecular weight is 323 g/mol. The first-order chi connectivity index (χ1) is 11.5. The fraction of sp³-hybridized carbons (Fsp3) is 0.294. The van der Waals surface area contributed by atoms with Crippen LogP contribution in [0.5, 0.6) is 0 Å². The van der Waals surface area contributed by atoms with Crippen LogP contribution in [-0.4, -0.2) is 63.8 Å². The van der Waals surface area contributed by atoms with Crippen molar-refractivity contribution in [1.29, 1.82) is 0 Å². The highest BCUT2D eigenvalue weighted by Gasteiger charge is 2.33. The SMILES string of the molecule is CN(C)CCN1C(=O)c2cccc3c2c(cc2nnn(C)c23)C1=O. The molecule has 0 fully saturated rings. The van der Waals surface area contributed by atoms with Crippen molar-refractivity contribution in [3.05, 3.63) is 35.4 Å². The topological polar surface area (TPSA) is 71.3 Å².